The number of nitrogens with one attached hydrogen (secondary N) is 1. The first-order valence-corrected chi connectivity index (χ1v) is 7.99. The van der Waals surface area contributed by atoms with Gasteiger partial charge in [-0.2, -0.15) is 0 Å². The van der Waals surface area contributed by atoms with E-state index in [1.807, 2.05) is 18.7 Å². The largest absolute Gasteiger partial charge is 0.444 e. The average Bonchev–Trinajstić information content (AvgIpc) is 3.07. The van der Waals surface area contributed by atoms with E-state index in [-0.39, 0.29) is 29.6 Å². The summed E-state index contributed by atoms with van der Waals surface area (Å²) in [5.74, 6) is 1.29. The molecule has 0 bridgehead atoms. The summed E-state index contributed by atoms with van der Waals surface area (Å²) in [5, 5.41) is 2.98. The van der Waals surface area contributed by atoms with Gasteiger partial charge < -0.3 is 19.4 Å². The third-order valence-corrected chi connectivity index (χ3v) is 4.64. The van der Waals surface area contributed by atoms with E-state index < -0.39 is 0 Å². The molecule has 0 saturated carbocycles. The first-order valence-electron chi connectivity index (χ1n) is 7.99. The molecule has 2 aliphatic rings. The number of hydrogen-bond donors (Lipinski definition) is 1. The van der Waals surface area contributed by atoms with Gasteiger partial charge in [0.25, 0.3) is 0 Å². The first kappa shape index (κ1) is 15.3. The van der Waals surface area contributed by atoms with E-state index in [1.165, 1.54) is 0 Å². The summed E-state index contributed by atoms with van der Waals surface area (Å²) in [6, 6.07) is -0.160. The molecule has 2 aliphatic heterocycles. The molecule has 1 aromatic rings. The normalized spacial score (nSPS) is 28.3. The molecule has 2 saturated heterocycles. The van der Waals surface area contributed by atoms with Crippen molar-refractivity contribution in [3.63, 3.8) is 0 Å². The monoisotopic (exact) mass is 307 g/mol. The van der Waals surface area contributed by atoms with Gasteiger partial charge in [-0.1, -0.05) is 13.8 Å². The van der Waals surface area contributed by atoms with Crippen LogP contribution in [-0.4, -0.2) is 41.2 Å². The SMILES string of the molecule is Cc1cnc(C(C)NC(=O)N2CC(C)(C)C2C2CCCO2)o1. The Morgan fingerprint density at radius 3 is 2.86 bits per heavy atom. The van der Waals surface area contributed by atoms with Crippen LogP contribution in [0.3, 0.4) is 0 Å². The zero-order valence-electron chi connectivity index (χ0n) is 13.8. The molecule has 1 N–H and O–H groups in total. The summed E-state index contributed by atoms with van der Waals surface area (Å²) in [6.07, 6.45) is 3.94. The maximum atomic E-state index is 12.6. The van der Waals surface area contributed by atoms with E-state index in [0.29, 0.717) is 5.89 Å². The highest BCUT2D eigenvalue weighted by Crippen LogP contribution is 2.42. The molecule has 6 nitrogen and oxygen atoms in total. The van der Waals surface area contributed by atoms with Crippen molar-refractivity contribution in [3.05, 3.63) is 17.8 Å². The average molecular weight is 307 g/mol. The van der Waals surface area contributed by atoms with Gasteiger partial charge in [0.05, 0.1) is 18.3 Å². The number of aromatic nitrogens is 1. The second-order valence-electron chi connectivity index (χ2n) is 7.09. The zero-order chi connectivity index (χ0) is 15.9. The Labute approximate surface area is 131 Å². The molecule has 0 radical (unpaired) electrons. The topological polar surface area (TPSA) is 67.6 Å². The van der Waals surface area contributed by atoms with Gasteiger partial charge in [0.15, 0.2) is 0 Å². The number of oxazole rings is 1. The number of ether oxygens (including phenoxy) is 1. The Morgan fingerprint density at radius 1 is 1.55 bits per heavy atom. The molecule has 3 rings (SSSR count). The summed E-state index contributed by atoms with van der Waals surface area (Å²) in [5.41, 5.74) is 0.106. The van der Waals surface area contributed by atoms with Crippen LogP contribution in [0.2, 0.25) is 0 Å². The van der Waals surface area contributed by atoms with Crippen molar-refractivity contribution >= 4 is 6.03 Å². The number of aryl methyl sites for hydroxylation is 1. The summed E-state index contributed by atoms with van der Waals surface area (Å²) in [6.45, 7) is 9.68. The van der Waals surface area contributed by atoms with Gasteiger partial charge in [-0.25, -0.2) is 9.78 Å². The van der Waals surface area contributed by atoms with Crippen LogP contribution in [-0.2, 0) is 4.74 Å². The lowest BCUT2D eigenvalue weighted by atomic mass is 9.72. The maximum absolute atomic E-state index is 12.6. The minimum Gasteiger partial charge on any atom is -0.444 e. The number of carbonyl (C=O) groups excluding carboxylic acids is 1. The molecule has 3 unspecified atom stereocenters. The van der Waals surface area contributed by atoms with E-state index in [1.54, 1.807) is 6.20 Å². The smallest absolute Gasteiger partial charge is 0.318 e. The number of hydrogen-bond acceptors (Lipinski definition) is 4. The fourth-order valence-corrected chi connectivity index (χ4v) is 3.60. The Kier molecular flexibility index (Phi) is 3.89. The van der Waals surface area contributed by atoms with Gasteiger partial charge in [-0.3, -0.25) is 0 Å². The summed E-state index contributed by atoms with van der Waals surface area (Å²) in [7, 11) is 0. The molecule has 2 amide bonds. The van der Waals surface area contributed by atoms with Gasteiger partial charge in [0, 0.05) is 18.6 Å². The lowest BCUT2D eigenvalue weighted by Gasteiger charge is -2.56. The molecular formula is C16H25N3O3. The number of amides is 2. The van der Waals surface area contributed by atoms with Crippen molar-refractivity contribution < 1.29 is 13.9 Å². The number of nitrogens with zero attached hydrogens (tertiary/aromatic N) is 2. The van der Waals surface area contributed by atoms with E-state index in [4.69, 9.17) is 9.15 Å². The van der Waals surface area contributed by atoms with E-state index >= 15 is 0 Å². The third kappa shape index (κ3) is 2.72. The van der Waals surface area contributed by atoms with Crippen molar-refractivity contribution in [1.29, 1.82) is 0 Å². The van der Waals surface area contributed by atoms with Crippen LogP contribution < -0.4 is 5.32 Å². The van der Waals surface area contributed by atoms with Gasteiger partial charge in [0.2, 0.25) is 5.89 Å². The predicted molar refractivity (Wildman–Crippen MR) is 81.4 cm³/mol. The quantitative estimate of drug-likeness (QED) is 0.932. The van der Waals surface area contributed by atoms with Crippen LogP contribution in [0.5, 0.6) is 0 Å². The Balaban J connectivity index is 1.64. The number of likely N-dealkylation sites (tertiary alicyclic amines) is 1. The Bertz CT molecular complexity index is 549. The fourth-order valence-electron chi connectivity index (χ4n) is 3.60. The molecule has 0 aliphatic carbocycles. The first-order chi connectivity index (χ1) is 10.4. The fraction of sp³-hybridized carbons (Fsp3) is 0.750. The van der Waals surface area contributed by atoms with E-state index in [0.717, 1.165) is 31.8 Å². The van der Waals surface area contributed by atoms with E-state index in [9.17, 15) is 4.79 Å². The molecule has 0 aromatic carbocycles. The molecular weight excluding hydrogens is 282 g/mol. The zero-order valence-corrected chi connectivity index (χ0v) is 13.8. The number of urea groups is 1. The van der Waals surface area contributed by atoms with Crippen LogP contribution in [0, 0.1) is 12.3 Å². The van der Waals surface area contributed by atoms with Gasteiger partial charge >= 0.3 is 6.03 Å². The Hall–Kier alpha value is -1.56. The third-order valence-electron chi connectivity index (χ3n) is 4.64. The second kappa shape index (κ2) is 5.57. The van der Waals surface area contributed by atoms with Crippen LogP contribution >= 0.6 is 0 Å². The summed E-state index contributed by atoms with van der Waals surface area (Å²) < 4.78 is 11.3. The van der Waals surface area contributed by atoms with Crippen molar-refractivity contribution in [2.75, 3.05) is 13.2 Å². The lowest BCUT2D eigenvalue weighted by molar-refractivity contribution is -0.0914. The molecule has 22 heavy (non-hydrogen) atoms. The van der Waals surface area contributed by atoms with Crippen LogP contribution in [0.4, 0.5) is 4.79 Å². The molecule has 1 aromatic heterocycles. The van der Waals surface area contributed by atoms with Gasteiger partial charge in [-0.05, 0) is 26.7 Å². The van der Waals surface area contributed by atoms with Crippen molar-refractivity contribution in [2.45, 2.75) is 58.7 Å². The highest BCUT2D eigenvalue weighted by atomic mass is 16.5. The standard InChI is InChI=1S/C16H25N3O3/c1-10-8-17-14(22-10)11(2)18-15(20)19-9-16(3,4)13(19)12-6-5-7-21-12/h8,11-13H,5-7,9H2,1-4H3,(H,18,20). The van der Waals surface area contributed by atoms with Gasteiger partial charge in [-0.15, -0.1) is 0 Å². The molecule has 2 fully saturated rings. The van der Waals surface area contributed by atoms with Crippen LogP contribution in [0.15, 0.2) is 10.6 Å². The maximum Gasteiger partial charge on any atom is 0.318 e. The lowest BCUT2D eigenvalue weighted by Crippen LogP contribution is -2.69. The highest BCUT2D eigenvalue weighted by Gasteiger charge is 2.53. The molecule has 3 heterocycles. The molecule has 122 valence electrons. The van der Waals surface area contributed by atoms with Crippen LogP contribution in [0.25, 0.3) is 0 Å². The van der Waals surface area contributed by atoms with E-state index in [2.05, 4.69) is 24.1 Å². The van der Waals surface area contributed by atoms with Gasteiger partial charge in [0.1, 0.15) is 11.8 Å². The van der Waals surface area contributed by atoms with Crippen molar-refractivity contribution in [3.8, 4) is 0 Å². The van der Waals surface area contributed by atoms with Crippen molar-refractivity contribution in [2.24, 2.45) is 5.41 Å². The Morgan fingerprint density at radius 2 is 2.32 bits per heavy atom. The predicted octanol–water partition coefficient (Wildman–Crippen LogP) is 2.64. The molecule has 0 spiro atoms. The summed E-state index contributed by atoms with van der Waals surface area (Å²) in [4.78, 5) is 18.6. The van der Waals surface area contributed by atoms with Crippen molar-refractivity contribution in [1.82, 2.24) is 15.2 Å². The summed E-state index contributed by atoms with van der Waals surface area (Å²) >= 11 is 0. The van der Waals surface area contributed by atoms with Crippen LogP contribution in [0.1, 0.15) is 51.3 Å². The minimum absolute atomic E-state index is 0.0665. The number of carbonyl (C=O) groups is 1. The number of rotatable bonds is 3. The molecule has 6 heteroatoms. The second-order valence-corrected chi connectivity index (χ2v) is 7.09. The minimum atomic E-state index is -0.241. The molecule has 3 atom stereocenters. The highest BCUT2D eigenvalue weighted by molar-refractivity contribution is 5.76.